The van der Waals surface area contributed by atoms with E-state index in [0.717, 1.165) is 24.9 Å². The van der Waals surface area contributed by atoms with E-state index in [0.29, 0.717) is 4.47 Å². The Bertz CT molecular complexity index is 308. The first-order valence-electron chi connectivity index (χ1n) is 4.46. The van der Waals surface area contributed by atoms with Gasteiger partial charge in [0.2, 0.25) is 0 Å². The van der Waals surface area contributed by atoms with Gasteiger partial charge in [-0.15, -0.1) is 0 Å². The number of nitrogens with one attached hydrogen (secondary N) is 1. The quantitative estimate of drug-likeness (QED) is 0.800. The largest absolute Gasteiger partial charge is 0.310 e. The van der Waals surface area contributed by atoms with Gasteiger partial charge in [0.25, 0.3) is 0 Å². The van der Waals surface area contributed by atoms with Crippen molar-refractivity contribution in [2.45, 2.75) is 18.9 Å². The SMILES string of the molecule is Fc1c(Br)cccc1C1CCCN1. The van der Waals surface area contributed by atoms with E-state index >= 15 is 0 Å². The van der Waals surface area contributed by atoms with Gasteiger partial charge < -0.3 is 5.32 Å². The molecule has 2 rings (SSSR count). The van der Waals surface area contributed by atoms with Crippen LogP contribution >= 0.6 is 15.9 Å². The monoisotopic (exact) mass is 243 g/mol. The predicted molar refractivity (Wildman–Crippen MR) is 54.1 cm³/mol. The molecule has 1 unspecified atom stereocenters. The lowest BCUT2D eigenvalue weighted by atomic mass is 10.1. The van der Waals surface area contributed by atoms with E-state index in [4.69, 9.17) is 0 Å². The third-order valence-corrected chi connectivity index (χ3v) is 3.03. The van der Waals surface area contributed by atoms with E-state index in [9.17, 15) is 4.39 Å². The molecular formula is C10H11BrFN. The first-order valence-corrected chi connectivity index (χ1v) is 5.25. The van der Waals surface area contributed by atoms with Crippen molar-refractivity contribution in [2.24, 2.45) is 0 Å². The molecule has 70 valence electrons. The lowest BCUT2D eigenvalue weighted by Crippen LogP contribution is -2.14. The van der Waals surface area contributed by atoms with Crippen LogP contribution in [0.4, 0.5) is 4.39 Å². The standard InChI is InChI=1S/C10H11BrFN/c11-8-4-1-3-7(10(8)12)9-5-2-6-13-9/h1,3-4,9,13H,2,5-6H2. The Morgan fingerprint density at radius 1 is 1.46 bits per heavy atom. The Labute approximate surface area is 85.5 Å². The minimum Gasteiger partial charge on any atom is -0.310 e. The molecule has 0 amide bonds. The summed E-state index contributed by atoms with van der Waals surface area (Å²) in [5.74, 6) is -0.123. The van der Waals surface area contributed by atoms with Gasteiger partial charge in [0.15, 0.2) is 0 Å². The first kappa shape index (κ1) is 9.16. The fourth-order valence-corrected chi connectivity index (χ4v) is 2.12. The molecule has 0 aromatic heterocycles. The molecule has 1 aromatic rings. The van der Waals surface area contributed by atoms with Crippen molar-refractivity contribution >= 4 is 15.9 Å². The summed E-state index contributed by atoms with van der Waals surface area (Å²) >= 11 is 3.19. The molecule has 1 aliphatic heterocycles. The van der Waals surface area contributed by atoms with Gasteiger partial charge in [-0.25, -0.2) is 4.39 Å². The molecule has 1 saturated heterocycles. The molecule has 1 aromatic carbocycles. The van der Waals surface area contributed by atoms with Gasteiger partial charge in [0, 0.05) is 11.6 Å². The Kier molecular flexibility index (Phi) is 2.65. The number of hydrogen-bond acceptors (Lipinski definition) is 1. The summed E-state index contributed by atoms with van der Waals surface area (Å²) in [6.07, 6.45) is 2.17. The normalized spacial score (nSPS) is 22.2. The van der Waals surface area contributed by atoms with Gasteiger partial charge in [0.1, 0.15) is 5.82 Å². The fourth-order valence-electron chi connectivity index (χ4n) is 1.74. The smallest absolute Gasteiger partial charge is 0.142 e. The number of rotatable bonds is 1. The molecule has 0 spiro atoms. The molecule has 1 heterocycles. The number of halogens is 2. The van der Waals surface area contributed by atoms with Crippen molar-refractivity contribution < 1.29 is 4.39 Å². The Hall–Kier alpha value is -0.410. The van der Waals surface area contributed by atoms with Crippen LogP contribution in [0.25, 0.3) is 0 Å². The molecule has 0 bridgehead atoms. The van der Waals surface area contributed by atoms with Gasteiger partial charge in [-0.1, -0.05) is 12.1 Å². The summed E-state index contributed by atoms with van der Waals surface area (Å²) in [7, 11) is 0. The van der Waals surface area contributed by atoms with Crippen LogP contribution in [0.5, 0.6) is 0 Å². The second kappa shape index (κ2) is 3.76. The number of hydrogen-bond donors (Lipinski definition) is 1. The molecule has 0 aliphatic carbocycles. The number of benzene rings is 1. The van der Waals surface area contributed by atoms with Gasteiger partial charge in [-0.05, 0) is 41.4 Å². The van der Waals surface area contributed by atoms with E-state index in [2.05, 4.69) is 21.2 Å². The van der Waals surface area contributed by atoms with Crippen molar-refractivity contribution in [1.29, 1.82) is 0 Å². The van der Waals surface area contributed by atoms with E-state index in [1.807, 2.05) is 12.1 Å². The average Bonchev–Trinajstić information content (AvgIpc) is 2.62. The lowest BCUT2D eigenvalue weighted by molar-refractivity contribution is 0.554. The van der Waals surface area contributed by atoms with Crippen LogP contribution in [-0.4, -0.2) is 6.54 Å². The Morgan fingerprint density at radius 3 is 3.00 bits per heavy atom. The zero-order valence-corrected chi connectivity index (χ0v) is 8.77. The molecule has 1 aliphatic rings. The highest BCUT2D eigenvalue weighted by atomic mass is 79.9. The van der Waals surface area contributed by atoms with Gasteiger partial charge in [-0.3, -0.25) is 0 Å². The van der Waals surface area contributed by atoms with Gasteiger partial charge in [0.05, 0.1) is 4.47 Å². The highest BCUT2D eigenvalue weighted by Crippen LogP contribution is 2.28. The second-order valence-corrected chi connectivity index (χ2v) is 4.15. The first-order chi connectivity index (χ1) is 6.29. The summed E-state index contributed by atoms with van der Waals surface area (Å²) in [6.45, 7) is 0.997. The third-order valence-electron chi connectivity index (χ3n) is 2.42. The van der Waals surface area contributed by atoms with Crippen LogP contribution in [0.15, 0.2) is 22.7 Å². The van der Waals surface area contributed by atoms with Crippen LogP contribution in [0, 0.1) is 5.82 Å². The molecule has 0 radical (unpaired) electrons. The average molecular weight is 244 g/mol. The van der Waals surface area contributed by atoms with Crippen LogP contribution in [-0.2, 0) is 0 Å². The summed E-state index contributed by atoms with van der Waals surface area (Å²) in [5, 5.41) is 3.28. The van der Waals surface area contributed by atoms with Crippen LogP contribution in [0.2, 0.25) is 0 Å². The minimum absolute atomic E-state index is 0.123. The van der Waals surface area contributed by atoms with Crippen molar-refractivity contribution in [2.75, 3.05) is 6.54 Å². The lowest BCUT2D eigenvalue weighted by Gasteiger charge is -2.11. The van der Waals surface area contributed by atoms with Crippen molar-refractivity contribution in [1.82, 2.24) is 5.32 Å². The summed E-state index contributed by atoms with van der Waals surface area (Å²) in [5.41, 5.74) is 0.784. The fraction of sp³-hybridized carbons (Fsp3) is 0.400. The molecule has 1 N–H and O–H groups in total. The van der Waals surface area contributed by atoms with Crippen molar-refractivity contribution in [3.05, 3.63) is 34.1 Å². The highest BCUT2D eigenvalue weighted by molar-refractivity contribution is 9.10. The van der Waals surface area contributed by atoms with Gasteiger partial charge >= 0.3 is 0 Å². The molecule has 13 heavy (non-hydrogen) atoms. The second-order valence-electron chi connectivity index (χ2n) is 3.29. The summed E-state index contributed by atoms with van der Waals surface area (Å²) in [6, 6.07) is 5.66. The third kappa shape index (κ3) is 1.76. The maximum absolute atomic E-state index is 13.6. The van der Waals surface area contributed by atoms with E-state index in [1.165, 1.54) is 0 Å². The molecule has 3 heteroatoms. The Balaban J connectivity index is 2.33. The van der Waals surface area contributed by atoms with Crippen molar-refractivity contribution in [3.63, 3.8) is 0 Å². The zero-order chi connectivity index (χ0) is 9.26. The topological polar surface area (TPSA) is 12.0 Å². The van der Waals surface area contributed by atoms with E-state index in [1.54, 1.807) is 6.07 Å². The van der Waals surface area contributed by atoms with Gasteiger partial charge in [-0.2, -0.15) is 0 Å². The summed E-state index contributed by atoms with van der Waals surface area (Å²) < 4.78 is 14.1. The van der Waals surface area contributed by atoms with Crippen molar-refractivity contribution in [3.8, 4) is 0 Å². The molecule has 1 nitrogen and oxygen atoms in total. The van der Waals surface area contributed by atoms with Crippen LogP contribution in [0.3, 0.4) is 0 Å². The zero-order valence-electron chi connectivity index (χ0n) is 7.19. The maximum Gasteiger partial charge on any atom is 0.142 e. The van der Waals surface area contributed by atoms with E-state index in [-0.39, 0.29) is 11.9 Å². The summed E-state index contributed by atoms with van der Waals surface area (Å²) in [4.78, 5) is 0. The van der Waals surface area contributed by atoms with E-state index < -0.39 is 0 Å². The predicted octanol–water partition coefficient (Wildman–Crippen LogP) is 3.01. The molecule has 1 fully saturated rings. The Morgan fingerprint density at radius 2 is 2.31 bits per heavy atom. The molecule has 0 saturated carbocycles. The maximum atomic E-state index is 13.6. The molecular weight excluding hydrogens is 233 g/mol. The van der Waals surface area contributed by atoms with Crippen LogP contribution in [0.1, 0.15) is 24.4 Å². The van der Waals surface area contributed by atoms with Crippen LogP contribution < -0.4 is 5.32 Å². The minimum atomic E-state index is -0.123. The highest BCUT2D eigenvalue weighted by Gasteiger charge is 2.20. The molecule has 1 atom stereocenters.